The highest BCUT2D eigenvalue weighted by Crippen LogP contribution is 2.32. The molecule has 0 spiro atoms. The predicted molar refractivity (Wildman–Crippen MR) is 65.5 cm³/mol. The van der Waals surface area contributed by atoms with Crippen LogP contribution in [0, 0.1) is 5.92 Å². The molecule has 2 rings (SSSR count). The first-order chi connectivity index (χ1) is 7.38. The lowest BCUT2D eigenvalue weighted by Crippen LogP contribution is -2.04. The van der Waals surface area contributed by atoms with Crippen molar-refractivity contribution in [1.82, 2.24) is 0 Å². The lowest BCUT2D eigenvalue weighted by Gasteiger charge is -2.12. The van der Waals surface area contributed by atoms with E-state index in [1.165, 1.54) is 50.7 Å². The van der Waals surface area contributed by atoms with Crippen molar-refractivity contribution in [2.24, 2.45) is 15.9 Å². The third kappa shape index (κ3) is 3.61. The van der Waals surface area contributed by atoms with Crippen molar-refractivity contribution in [3.05, 3.63) is 11.9 Å². The Bertz CT molecular complexity index is 288. The Morgan fingerprint density at radius 2 is 1.93 bits per heavy atom. The fourth-order valence-electron chi connectivity index (χ4n) is 1.95. The SMILES string of the molecule is C/C=N\C(=C/C1CC1)N=C1CCCCC1. The molecular formula is C13H20N2. The number of allylic oxidation sites excluding steroid dienone is 1. The van der Waals surface area contributed by atoms with Crippen LogP contribution >= 0.6 is 0 Å². The van der Waals surface area contributed by atoms with Gasteiger partial charge in [0, 0.05) is 11.9 Å². The van der Waals surface area contributed by atoms with E-state index in [0.29, 0.717) is 0 Å². The third-order valence-corrected chi connectivity index (χ3v) is 2.97. The van der Waals surface area contributed by atoms with E-state index >= 15 is 0 Å². The molecule has 2 aliphatic carbocycles. The summed E-state index contributed by atoms with van der Waals surface area (Å²) in [6.45, 7) is 1.96. The van der Waals surface area contributed by atoms with Crippen molar-refractivity contribution in [3.63, 3.8) is 0 Å². The van der Waals surface area contributed by atoms with Gasteiger partial charge in [-0.1, -0.05) is 6.42 Å². The van der Waals surface area contributed by atoms with Crippen LogP contribution in [0.2, 0.25) is 0 Å². The molecule has 0 heterocycles. The van der Waals surface area contributed by atoms with Gasteiger partial charge in [0.15, 0.2) is 0 Å². The van der Waals surface area contributed by atoms with Crippen LogP contribution in [0.1, 0.15) is 51.9 Å². The smallest absolute Gasteiger partial charge is 0.147 e. The van der Waals surface area contributed by atoms with Crippen molar-refractivity contribution < 1.29 is 0 Å². The number of hydrogen-bond donors (Lipinski definition) is 0. The first-order valence-corrected chi connectivity index (χ1v) is 6.15. The van der Waals surface area contributed by atoms with Gasteiger partial charge in [0.25, 0.3) is 0 Å². The number of nitrogens with zero attached hydrogens (tertiary/aromatic N) is 2. The zero-order valence-electron chi connectivity index (χ0n) is 9.58. The molecule has 0 atom stereocenters. The van der Waals surface area contributed by atoms with Gasteiger partial charge in [-0.15, -0.1) is 0 Å². The Hall–Kier alpha value is -0.920. The molecule has 0 aliphatic heterocycles. The van der Waals surface area contributed by atoms with Crippen molar-refractivity contribution in [2.45, 2.75) is 51.9 Å². The second-order valence-electron chi connectivity index (χ2n) is 4.49. The van der Waals surface area contributed by atoms with Crippen molar-refractivity contribution >= 4 is 11.9 Å². The van der Waals surface area contributed by atoms with Crippen molar-refractivity contribution in [2.75, 3.05) is 0 Å². The second kappa shape index (κ2) is 5.24. The first-order valence-electron chi connectivity index (χ1n) is 6.15. The minimum absolute atomic E-state index is 0.761. The Balaban J connectivity index is 2.03. The average molecular weight is 204 g/mol. The van der Waals surface area contributed by atoms with E-state index in [0.717, 1.165) is 11.7 Å². The molecule has 0 unspecified atom stereocenters. The summed E-state index contributed by atoms with van der Waals surface area (Å²) < 4.78 is 0. The highest BCUT2D eigenvalue weighted by Gasteiger charge is 2.19. The fraction of sp³-hybridized carbons (Fsp3) is 0.692. The van der Waals surface area contributed by atoms with Crippen LogP contribution in [0.25, 0.3) is 0 Å². The Kier molecular flexibility index (Phi) is 3.70. The molecule has 0 aromatic rings. The van der Waals surface area contributed by atoms with Crippen LogP contribution in [0.15, 0.2) is 21.9 Å². The number of aliphatic imine (C=N–C) groups is 2. The summed E-state index contributed by atoms with van der Waals surface area (Å²) >= 11 is 0. The van der Waals surface area contributed by atoms with Gasteiger partial charge in [0.05, 0.1) is 0 Å². The summed E-state index contributed by atoms with van der Waals surface area (Å²) in [7, 11) is 0. The molecule has 0 aromatic carbocycles. The summed E-state index contributed by atoms with van der Waals surface area (Å²) in [4.78, 5) is 9.03. The van der Waals surface area contributed by atoms with Gasteiger partial charge < -0.3 is 0 Å². The van der Waals surface area contributed by atoms with Crippen LogP contribution in [-0.4, -0.2) is 11.9 Å². The minimum atomic E-state index is 0.761. The predicted octanol–water partition coefficient (Wildman–Crippen LogP) is 3.73. The second-order valence-corrected chi connectivity index (χ2v) is 4.49. The Labute approximate surface area is 92.2 Å². The van der Waals surface area contributed by atoms with E-state index in [-0.39, 0.29) is 0 Å². The summed E-state index contributed by atoms with van der Waals surface area (Å²) in [5.74, 6) is 1.72. The highest BCUT2D eigenvalue weighted by molar-refractivity contribution is 5.86. The van der Waals surface area contributed by atoms with E-state index in [2.05, 4.69) is 16.1 Å². The molecule has 0 N–H and O–H groups in total. The van der Waals surface area contributed by atoms with E-state index in [1.54, 1.807) is 0 Å². The lowest BCUT2D eigenvalue weighted by molar-refractivity contribution is 0.665. The van der Waals surface area contributed by atoms with Gasteiger partial charge in [-0.3, -0.25) is 0 Å². The molecular weight excluding hydrogens is 184 g/mol. The summed E-state index contributed by atoms with van der Waals surface area (Å²) in [6.07, 6.45) is 13.1. The van der Waals surface area contributed by atoms with Crippen LogP contribution in [-0.2, 0) is 0 Å². The quantitative estimate of drug-likeness (QED) is 0.626. The summed E-state index contributed by atoms with van der Waals surface area (Å²) in [5, 5.41) is 0. The largest absolute Gasteiger partial charge is 0.242 e. The summed E-state index contributed by atoms with van der Waals surface area (Å²) in [5.41, 5.74) is 1.36. The molecule has 0 aromatic heterocycles. The van der Waals surface area contributed by atoms with E-state index in [1.807, 2.05) is 13.1 Å². The van der Waals surface area contributed by atoms with Gasteiger partial charge in [0.1, 0.15) is 5.82 Å². The Morgan fingerprint density at radius 3 is 2.53 bits per heavy atom. The minimum Gasteiger partial charge on any atom is -0.242 e. The maximum Gasteiger partial charge on any atom is 0.147 e. The monoisotopic (exact) mass is 204 g/mol. The fourth-order valence-corrected chi connectivity index (χ4v) is 1.95. The maximum absolute atomic E-state index is 4.69. The van der Waals surface area contributed by atoms with Gasteiger partial charge >= 0.3 is 0 Å². The normalized spacial score (nSPS) is 23.5. The zero-order chi connectivity index (χ0) is 10.5. The molecule has 2 aliphatic rings. The lowest BCUT2D eigenvalue weighted by atomic mass is 9.98. The molecule has 0 saturated heterocycles. The van der Waals surface area contributed by atoms with E-state index in [4.69, 9.17) is 0 Å². The van der Waals surface area contributed by atoms with Gasteiger partial charge in [-0.25, -0.2) is 9.98 Å². The van der Waals surface area contributed by atoms with Crippen molar-refractivity contribution in [1.29, 1.82) is 0 Å². The highest BCUT2D eigenvalue weighted by atomic mass is 15.0. The van der Waals surface area contributed by atoms with Crippen LogP contribution in [0.5, 0.6) is 0 Å². The van der Waals surface area contributed by atoms with E-state index in [9.17, 15) is 0 Å². The summed E-state index contributed by atoms with van der Waals surface area (Å²) in [6, 6.07) is 0. The number of rotatable bonds is 3. The molecule has 2 saturated carbocycles. The molecule has 0 bridgehead atoms. The maximum atomic E-state index is 4.69. The molecule has 2 heteroatoms. The van der Waals surface area contributed by atoms with E-state index < -0.39 is 0 Å². The molecule has 2 nitrogen and oxygen atoms in total. The van der Waals surface area contributed by atoms with Crippen LogP contribution in [0.3, 0.4) is 0 Å². The molecule has 0 amide bonds. The molecule has 15 heavy (non-hydrogen) atoms. The molecule has 82 valence electrons. The zero-order valence-corrected chi connectivity index (χ0v) is 9.58. The van der Waals surface area contributed by atoms with Crippen molar-refractivity contribution in [3.8, 4) is 0 Å². The standard InChI is InChI=1S/C13H20N2/c1-2-14-13(10-11-8-9-11)15-12-6-4-3-5-7-12/h2,10-11H,3-9H2,1H3/b13-10+,14-2-. The van der Waals surface area contributed by atoms with Crippen LogP contribution < -0.4 is 0 Å². The van der Waals surface area contributed by atoms with Gasteiger partial charge in [-0.05, 0) is 57.4 Å². The third-order valence-electron chi connectivity index (χ3n) is 2.97. The first kappa shape index (κ1) is 10.6. The number of hydrogen-bond acceptors (Lipinski definition) is 2. The van der Waals surface area contributed by atoms with Crippen LogP contribution in [0.4, 0.5) is 0 Å². The van der Waals surface area contributed by atoms with Gasteiger partial charge in [-0.2, -0.15) is 0 Å². The topological polar surface area (TPSA) is 24.7 Å². The van der Waals surface area contributed by atoms with Gasteiger partial charge in [0.2, 0.25) is 0 Å². The molecule has 2 fully saturated rings. The Morgan fingerprint density at radius 1 is 1.20 bits per heavy atom. The molecule has 0 radical (unpaired) electrons. The average Bonchev–Trinajstić information content (AvgIpc) is 3.03.